The van der Waals surface area contributed by atoms with Crippen LogP contribution in [-0.4, -0.2) is 52.5 Å². The Hall–Kier alpha value is -3.44. The SMILES string of the molecule is CCNc1ccc(S(=O)(=O)N(C)C)cc1NCc1nnc2n(CC)c(=O)c3ccccc3n12. The van der Waals surface area contributed by atoms with Gasteiger partial charge in [0, 0.05) is 27.2 Å². The molecule has 0 aliphatic rings. The van der Waals surface area contributed by atoms with Gasteiger partial charge in [-0.2, -0.15) is 0 Å². The van der Waals surface area contributed by atoms with Gasteiger partial charge in [-0.3, -0.25) is 13.8 Å². The molecule has 0 fully saturated rings. The Morgan fingerprint density at radius 2 is 1.76 bits per heavy atom. The molecule has 11 heteroatoms. The van der Waals surface area contributed by atoms with E-state index in [-0.39, 0.29) is 17.0 Å². The molecular weight excluding hydrogens is 442 g/mol. The molecule has 0 amide bonds. The molecule has 0 saturated heterocycles. The van der Waals surface area contributed by atoms with Gasteiger partial charge in [-0.15, -0.1) is 10.2 Å². The lowest BCUT2D eigenvalue weighted by molar-refractivity contribution is 0.521. The van der Waals surface area contributed by atoms with E-state index >= 15 is 0 Å². The van der Waals surface area contributed by atoms with Crippen LogP contribution in [0.4, 0.5) is 11.4 Å². The number of anilines is 2. The van der Waals surface area contributed by atoms with Crippen molar-refractivity contribution in [3.8, 4) is 0 Å². The van der Waals surface area contributed by atoms with E-state index in [1.165, 1.54) is 18.4 Å². The molecule has 0 bridgehead atoms. The smallest absolute Gasteiger partial charge is 0.262 e. The van der Waals surface area contributed by atoms with Crippen molar-refractivity contribution in [1.82, 2.24) is 23.5 Å². The van der Waals surface area contributed by atoms with Crippen molar-refractivity contribution in [2.45, 2.75) is 31.8 Å². The largest absolute Gasteiger partial charge is 0.384 e. The van der Waals surface area contributed by atoms with Gasteiger partial charge >= 0.3 is 0 Å². The van der Waals surface area contributed by atoms with Crippen molar-refractivity contribution in [3.05, 3.63) is 58.6 Å². The molecule has 0 saturated carbocycles. The number of aromatic nitrogens is 4. The lowest BCUT2D eigenvalue weighted by Gasteiger charge is -2.17. The third-order valence-corrected chi connectivity index (χ3v) is 7.28. The molecule has 33 heavy (non-hydrogen) atoms. The Balaban J connectivity index is 1.79. The molecule has 0 atom stereocenters. The summed E-state index contributed by atoms with van der Waals surface area (Å²) in [5.74, 6) is 1.07. The number of nitrogens with one attached hydrogen (secondary N) is 2. The van der Waals surface area contributed by atoms with Crippen molar-refractivity contribution in [3.63, 3.8) is 0 Å². The third kappa shape index (κ3) is 3.93. The van der Waals surface area contributed by atoms with E-state index < -0.39 is 10.0 Å². The second-order valence-corrected chi connectivity index (χ2v) is 9.85. The number of fused-ring (bicyclic) bond motifs is 3. The van der Waals surface area contributed by atoms with Crippen LogP contribution in [-0.2, 0) is 23.1 Å². The highest BCUT2D eigenvalue weighted by Crippen LogP contribution is 2.27. The molecule has 0 spiro atoms. The summed E-state index contributed by atoms with van der Waals surface area (Å²) < 4.78 is 29.9. The number of aryl methyl sites for hydroxylation is 1. The van der Waals surface area contributed by atoms with Crippen molar-refractivity contribution >= 4 is 38.1 Å². The van der Waals surface area contributed by atoms with Crippen LogP contribution in [0.2, 0.25) is 0 Å². The average Bonchev–Trinajstić information content (AvgIpc) is 3.22. The number of hydrogen-bond acceptors (Lipinski definition) is 7. The minimum atomic E-state index is -3.59. The minimum absolute atomic E-state index is 0.108. The molecule has 0 aliphatic carbocycles. The molecule has 2 aromatic heterocycles. The first-order valence-corrected chi connectivity index (χ1v) is 12.1. The number of rotatable bonds is 8. The zero-order valence-electron chi connectivity index (χ0n) is 19.0. The number of hydrogen-bond donors (Lipinski definition) is 2. The normalized spacial score (nSPS) is 12.0. The Labute approximate surface area is 191 Å². The molecule has 174 valence electrons. The number of benzene rings is 2. The third-order valence-electron chi connectivity index (χ3n) is 5.46. The van der Waals surface area contributed by atoms with Crippen LogP contribution in [0.1, 0.15) is 19.7 Å². The fourth-order valence-electron chi connectivity index (χ4n) is 3.77. The van der Waals surface area contributed by atoms with Gasteiger partial charge in [0.2, 0.25) is 15.8 Å². The zero-order valence-corrected chi connectivity index (χ0v) is 19.8. The molecule has 4 aromatic rings. The summed E-state index contributed by atoms with van der Waals surface area (Å²) >= 11 is 0. The van der Waals surface area contributed by atoms with Gasteiger partial charge in [0.15, 0.2) is 5.82 Å². The fraction of sp³-hybridized carbons (Fsp3) is 0.318. The van der Waals surface area contributed by atoms with Crippen molar-refractivity contribution < 1.29 is 8.42 Å². The van der Waals surface area contributed by atoms with E-state index in [0.717, 1.165) is 11.2 Å². The Morgan fingerprint density at radius 1 is 1.00 bits per heavy atom. The summed E-state index contributed by atoms with van der Waals surface area (Å²) in [5.41, 5.74) is 2.02. The van der Waals surface area contributed by atoms with Gasteiger partial charge < -0.3 is 10.6 Å². The highest BCUT2D eigenvalue weighted by molar-refractivity contribution is 7.89. The quantitative estimate of drug-likeness (QED) is 0.407. The molecular formula is C22H27N7O3S. The van der Waals surface area contributed by atoms with Gasteiger partial charge in [-0.05, 0) is 44.2 Å². The first kappa shape index (κ1) is 22.7. The van der Waals surface area contributed by atoms with Crippen LogP contribution in [0.3, 0.4) is 0 Å². The predicted octanol–water partition coefficient (Wildman–Crippen LogP) is 2.36. The maximum Gasteiger partial charge on any atom is 0.262 e. The number of sulfonamides is 1. The summed E-state index contributed by atoms with van der Waals surface area (Å²) in [6.07, 6.45) is 0. The van der Waals surface area contributed by atoms with E-state index in [1.807, 2.05) is 36.4 Å². The Bertz CT molecular complexity index is 1490. The summed E-state index contributed by atoms with van der Waals surface area (Å²) in [6.45, 7) is 5.28. The topological polar surface area (TPSA) is 114 Å². The van der Waals surface area contributed by atoms with Crippen LogP contribution in [0.5, 0.6) is 0 Å². The van der Waals surface area contributed by atoms with Crippen molar-refractivity contribution in [2.24, 2.45) is 0 Å². The zero-order chi connectivity index (χ0) is 23.8. The second-order valence-electron chi connectivity index (χ2n) is 7.70. The monoisotopic (exact) mass is 469 g/mol. The molecule has 4 rings (SSSR count). The lowest BCUT2D eigenvalue weighted by Crippen LogP contribution is -2.23. The highest BCUT2D eigenvalue weighted by atomic mass is 32.2. The van der Waals surface area contributed by atoms with Crippen LogP contribution in [0.25, 0.3) is 16.7 Å². The molecule has 2 N–H and O–H groups in total. The number of para-hydroxylation sites is 1. The minimum Gasteiger partial charge on any atom is -0.384 e. The molecule has 10 nitrogen and oxygen atoms in total. The van der Waals surface area contributed by atoms with E-state index in [0.29, 0.717) is 35.8 Å². The van der Waals surface area contributed by atoms with Crippen molar-refractivity contribution in [1.29, 1.82) is 0 Å². The van der Waals surface area contributed by atoms with Crippen molar-refractivity contribution in [2.75, 3.05) is 31.3 Å². The number of nitrogens with zero attached hydrogens (tertiary/aromatic N) is 5. The Morgan fingerprint density at radius 3 is 2.45 bits per heavy atom. The van der Waals surface area contributed by atoms with Gasteiger partial charge in [0.25, 0.3) is 5.56 Å². The molecule has 0 radical (unpaired) electrons. The molecule has 0 aliphatic heterocycles. The van der Waals surface area contributed by atoms with Gasteiger partial charge in [-0.1, -0.05) is 12.1 Å². The van der Waals surface area contributed by atoms with Crippen LogP contribution in [0.15, 0.2) is 52.2 Å². The lowest BCUT2D eigenvalue weighted by atomic mass is 10.2. The van der Waals surface area contributed by atoms with E-state index in [4.69, 9.17) is 0 Å². The Kier molecular flexibility index (Phi) is 6.09. The fourth-order valence-corrected chi connectivity index (χ4v) is 4.70. The van der Waals surface area contributed by atoms with Crippen LogP contribution in [0, 0.1) is 0 Å². The van der Waals surface area contributed by atoms with Gasteiger partial charge in [-0.25, -0.2) is 12.7 Å². The first-order chi connectivity index (χ1) is 15.8. The maximum absolute atomic E-state index is 12.9. The molecule has 0 unspecified atom stereocenters. The van der Waals surface area contributed by atoms with Crippen LogP contribution < -0.4 is 16.2 Å². The van der Waals surface area contributed by atoms with Crippen LogP contribution >= 0.6 is 0 Å². The van der Waals surface area contributed by atoms with E-state index in [1.54, 1.807) is 28.8 Å². The first-order valence-electron chi connectivity index (χ1n) is 10.7. The van der Waals surface area contributed by atoms with E-state index in [9.17, 15) is 13.2 Å². The maximum atomic E-state index is 12.9. The summed E-state index contributed by atoms with van der Waals surface area (Å²) in [5, 5.41) is 15.7. The van der Waals surface area contributed by atoms with Gasteiger partial charge in [0.1, 0.15) is 0 Å². The summed E-state index contributed by atoms with van der Waals surface area (Å²) in [7, 11) is -0.583. The predicted molar refractivity (Wildman–Crippen MR) is 129 cm³/mol. The standard InChI is InChI=1S/C22H27N7O3S/c1-5-23-17-12-11-15(33(31,32)27(3)4)13-18(17)24-14-20-25-26-22-28(6-2)21(30)16-9-7-8-10-19(16)29(20)22/h7-13,23-24H,5-6,14H2,1-4H3. The van der Waals surface area contributed by atoms with Gasteiger partial charge in [0.05, 0.1) is 33.7 Å². The average molecular weight is 470 g/mol. The summed E-state index contributed by atoms with van der Waals surface area (Å²) in [6, 6.07) is 12.3. The second kappa shape index (κ2) is 8.83. The van der Waals surface area contributed by atoms with E-state index in [2.05, 4.69) is 20.8 Å². The molecule has 2 aromatic carbocycles. The molecule has 2 heterocycles. The highest BCUT2D eigenvalue weighted by Gasteiger charge is 2.20. The summed E-state index contributed by atoms with van der Waals surface area (Å²) in [4.78, 5) is 13.1.